The Morgan fingerprint density at radius 3 is 2.72 bits per heavy atom. The number of carbonyl (C=O) groups is 2. The van der Waals surface area contributed by atoms with Crippen molar-refractivity contribution >= 4 is 11.8 Å². The molecule has 0 radical (unpaired) electrons. The van der Waals surface area contributed by atoms with Crippen LogP contribution in [0.5, 0.6) is 0 Å². The van der Waals surface area contributed by atoms with Crippen LogP contribution in [0.2, 0.25) is 0 Å². The van der Waals surface area contributed by atoms with Gasteiger partial charge in [-0.05, 0) is 18.2 Å². The average molecular weight is 355 g/mol. The molecular weight excluding hydrogens is 339 g/mol. The first kappa shape index (κ1) is 18.7. The topological polar surface area (TPSA) is 84.6 Å². The van der Waals surface area contributed by atoms with E-state index in [1.54, 1.807) is 0 Å². The number of halogens is 3. The monoisotopic (exact) mass is 355 g/mol. The molecular formula is C16H16F3N3O3. The van der Waals surface area contributed by atoms with E-state index in [0.717, 1.165) is 23.1 Å². The lowest BCUT2D eigenvalue weighted by Crippen LogP contribution is -2.39. The summed E-state index contributed by atoms with van der Waals surface area (Å²) in [5.74, 6) is -1.23. The van der Waals surface area contributed by atoms with Gasteiger partial charge in [0, 0.05) is 25.2 Å². The lowest BCUT2D eigenvalue weighted by atomic mass is 10.1. The van der Waals surface area contributed by atoms with Gasteiger partial charge in [-0.2, -0.15) is 18.4 Å². The van der Waals surface area contributed by atoms with E-state index >= 15 is 0 Å². The molecule has 6 nitrogen and oxygen atoms in total. The van der Waals surface area contributed by atoms with Crippen molar-refractivity contribution in [3.8, 4) is 6.07 Å². The number of rotatable bonds is 3. The smallest absolute Gasteiger partial charge is 0.389 e. The number of hydrogen-bond acceptors (Lipinski definition) is 4. The lowest BCUT2D eigenvalue weighted by Gasteiger charge is -2.21. The summed E-state index contributed by atoms with van der Waals surface area (Å²) < 4.78 is 38.3. The number of alkyl halides is 3. The summed E-state index contributed by atoms with van der Waals surface area (Å²) >= 11 is 0. The van der Waals surface area contributed by atoms with Gasteiger partial charge in [-0.1, -0.05) is 6.07 Å². The molecule has 134 valence electrons. The molecule has 1 aliphatic heterocycles. The van der Waals surface area contributed by atoms with Crippen LogP contribution in [0.15, 0.2) is 24.3 Å². The molecule has 2 rings (SSSR count). The molecule has 1 fully saturated rings. The highest BCUT2D eigenvalue weighted by Crippen LogP contribution is 2.29. The maximum atomic E-state index is 12.8. The van der Waals surface area contributed by atoms with Crippen molar-refractivity contribution in [2.24, 2.45) is 0 Å². The fourth-order valence-corrected chi connectivity index (χ4v) is 2.56. The zero-order chi connectivity index (χ0) is 18.6. The molecule has 0 aliphatic carbocycles. The Morgan fingerprint density at radius 1 is 1.36 bits per heavy atom. The maximum absolute atomic E-state index is 12.8. The number of aliphatic hydroxyl groups is 1. The first-order valence-electron chi connectivity index (χ1n) is 7.51. The van der Waals surface area contributed by atoms with Gasteiger partial charge >= 0.3 is 6.18 Å². The molecule has 0 aromatic heterocycles. The van der Waals surface area contributed by atoms with Gasteiger partial charge in [-0.25, -0.2) is 0 Å². The Bertz CT molecular complexity index is 700. The molecule has 1 heterocycles. The van der Waals surface area contributed by atoms with Gasteiger partial charge in [-0.3, -0.25) is 9.59 Å². The maximum Gasteiger partial charge on any atom is 0.416 e. The van der Waals surface area contributed by atoms with Gasteiger partial charge in [0.25, 0.3) is 5.91 Å². The van der Waals surface area contributed by atoms with Gasteiger partial charge in [-0.15, -0.1) is 0 Å². The third-order valence-corrected chi connectivity index (χ3v) is 3.76. The van der Waals surface area contributed by atoms with E-state index in [9.17, 15) is 27.9 Å². The van der Waals surface area contributed by atoms with Crippen LogP contribution in [0.3, 0.4) is 0 Å². The summed E-state index contributed by atoms with van der Waals surface area (Å²) in [6.45, 7) is -0.452. The molecule has 9 heteroatoms. The summed E-state index contributed by atoms with van der Waals surface area (Å²) in [5, 5.41) is 18.6. The highest BCUT2D eigenvalue weighted by molar-refractivity contribution is 5.97. The number of benzene rings is 1. The molecule has 1 atom stereocenters. The van der Waals surface area contributed by atoms with E-state index in [4.69, 9.17) is 5.26 Å². The Morgan fingerprint density at radius 2 is 2.08 bits per heavy atom. The minimum absolute atomic E-state index is 0.0348. The number of nitriles is 1. The second-order valence-corrected chi connectivity index (χ2v) is 5.67. The third kappa shape index (κ3) is 4.70. The van der Waals surface area contributed by atoms with Crippen LogP contribution < -0.4 is 0 Å². The second-order valence-electron chi connectivity index (χ2n) is 5.67. The first-order valence-corrected chi connectivity index (χ1v) is 7.51. The van der Waals surface area contributed by atoms with E-state index in [2.05, 4.69) is 0 Å². The molecule has 0 bridgehead atoms. The first-order chi connectivity index (χ1) is 11.7. The number of hydrogen-bond donors (Lipinski definition) is 1. The van der Waals surface area contributed by atoms with E-state index in [1.165, 1.54) is 11.0 Å². The van der Waals surface area contributed by atoms with E-state index in [0.29, 0.717) is 0 Å². The van der Waals surface area contributed by atoms with Crippen molar-refractivity contribution in [1.29, 1.82) is 5.26 Å². The molecule has 0 spiro atoms. The number of amides is 2. The number of aliphatic hydroxyl groups excluding tert-OH is 1. The fourth-order valence-electron chi connectivity index (χ4n) is 2.56. The van der Waals surface area contributed by atoms with Crippen molar-refractivity contribution in [3.05, 3.63) is 35.4 Å². The summed E-state index contributed by atoms with van der Waals surface area (Å²) in [5.41, 5.74) is -1.17. The standard InChI is InChI=1S/C16H16F3N3O3/c17-16(18,19)12-4-1-3-11(7-12)15(25)22-9-13(23)8-21(6-2-5-20)14(24)10-22/h1,3-4,7,13,23H,2,6,8-10H2. The summed E-state index contributed by atoms with van der Waals surface area (Å²) in [6.07, 6.45) is -5.54. The molecule has 1 unspecified atom stereocenters. The minimum Gasteiger partial charge on any atom is -0.389 e. The number of nitrogens with zero attached hydrogens (tertiary/aromatic N) is 3. The van der Waals surface area contributed by atoms with Gasteiger partial charge in [0.05, 0.1) is 24.2 Å². The van der Waals surface area contributed by atoms with Gasteiger partial charge in [0.1, 0.15) is 6.54 Å². The van der Waals surface area contributed by atoms with Crippen LogP contribution >= 0.6 is 0 Å². The summed E-state index contributed by atoms with van der Waals surface area (Å²) in [6, 6.07) is 5.80. The number of carbonyl (C=O) groups excluding carboxylic acids is 2. The van der Waals surface area contributed by atoms with E-state index in [1.807, 2.05) is 6.07 Å². The highest BCUT2D eigenvalue weighted by atomic mass is 19.4. The molecule has 25 heavy (non-hydrogen) atoms. The van der Waals surface area contributed by atoms with Crippen molar-refractivity contribution < 1.29 is 27.9 Å². The second kappa shape index (κ2) is 7.53. The summed E-state index contributed by atoms with van der Waals surface area (Å²) in [4.78, 5) is 26.9. The Balaban J connectivity index is 2.19. The Kier molecular flexibility index (Phi) is 5.64. The van der Waals surface area contributed by atoms with Crippen LogP contribution in [0.25, 0.3) is 0 Å². The average Bonchev–Trinajstić information content (AvgIpc) is 2.70. The molecule has 1 aliphatic rings. The van der Waals surface area contributed by atoms with Crippen LogP contribution in [-0.2, 0) is 11.0 Å². The minimum atomic E-state index is -4.58. The molecule has 1 N–H and O–H groups in total. The van der Waals surface area contributed by atoms with Crippen molar-refractivity contribution in [2.75, 3.05) is 26.2 Å². The zero-order valence-corrected chi connectivity index (χ0v) is 13.2. The fraction of sp³-hybridized carbons (Fsp3) is 0.438. The molecule has 1 aromatic carbocycles. The Labute approximate surface area is 142 Å². The number of β-amino-alcohol motifs (C(OH)–C–C–N with tert-alkyl or cyclic N) is 1. The third-order valence-electron chi connectivity index (χ3n) is 3.76. The van der Waals surface area contributed by atoms with Crippen LogP contribution in [-0.4, -0.2) is 59.0 Å². The van der Waals surface area contributed by atoms with Crippen molar-refractivity contribution in [2.45, 2.75) is 18.7 Å². The lowest BCUT2D eigenvalue weighted by molar-refractivity contribution is -0.137. The molecule has 2 amide bonds. The van der Waals surface area contributed by atoms with Gasteiger partial charge in [0.15, 0.2) is 0 Å². The highest BCUT2D eigenvalue weighted by Gasteiger charge is 2.33. The van der Waals surface area contributed by atoms with Crippen LogP contribution in [0.4, 0.5) is 13.2 Å². The Hall–Kier alpha value is -2.60. The zero-order valence-electron chi connectivity index (χ0n) is 13.2. The largest absolute Gasteiger partial charge is 0.416 e. The molecule has 0 saturated carbocycles. The normalized spacial score (nSPS) is 18.7. The quantitative estimate of drug-likeness (QED) is 0.885. The summed E-state index contributed by atoms with van der Waals surface area (Å²) in [7, 11) is 0. The molecule has 1 saturated heterocycles. The van der Waals surface area contributed by atoms with Crippen LogP contribution in [0.1, 0.15) is 22.3 Å². The van der Waals surface area contributed by atoms with Crippen LogP contribution in [0, 0.1) is 11.3 Å². The van der Waals surface area contributed by atoms with E-state index in [-0.39, 0.29) is 38.2 Å². The van der Waals surface area contributed by atoms with Gasteiger partial charge < -0.3 is 14.9 Å². The SMILES string of the molecule is N#CCCN1CC(O)CN(C(=O)c2cccc(C(F)(F)F)c2)CC1=O. The predicted molar refractivity (Wildman–Crippen MR) is 80.2 cm³/mol. The van der Waals surface area contributed by atoms with E-state index < -0.39 is 29.7 Å². The molecule has 1 aromatic rings. The van der Waals surface area contributed by atoms with Gasteiger partial charge in [0.2, 0.25) is 5.91 Å². The van der Waals surface area contributed by atoms with Crippen molar-refractivity contribution in [1.82, 2.24) is 9.80 Å². The predicted octanol–water partition coefficient (Wildman–Crippen LogP) is 1.26. The van der Waals surface area contributed by atoms with Crippen molar-refractivity contribution in [3.63, 3.8) is 0 Å².